The van der Waals surface area contributed by atoms with Crippen molar-refractivity contribution in [1.82, 2.24) is 10.2 Å². The van der Waals surface area contributed by atoms with Crippen LogP contribution in [0.15, 0.2) is 0 Å². The van der Waals surface area contributed by atoms with E-state index in [1.54, 1.807) is 0 Å². The van der Waals surface area contributed by atoms with Gasteiger partial charge in [0, 0.05) is 25.2 Å². The molecule has 2 saturated heterocycles. The molecule has 3 aliphatic rings. The molecule has 0 bridgehead atoms. The molecule has 0 aromatic heterocycles. The molecule has 98 valence electrons. The lowest BCUT2D eigenvalue weighted by Gasteiger charge is -2.28. The molecule has 3 atom stereocenters. The molecule has 2 heterocycles. The lowest BCUT2D eigenvalue weighted by molar-refractivity contribution is 0.142. The summed E-state index contributed by atoms with van der Waals surface area (Å²) in [7, 11) is 0. The second kappa shape index (κ2) is 5.25. The first-order valence-corrected chi connectivity index (χ1v) is 7.38. The highest BCUT2D eigenvalue weighted by molar-refractivity contribution is 4.87. The first-order chi connectivity index (χ1) is 8.33. The van der Waals surface area contributed by atoms with E-state index < -0.39 is 0 Å². The summed E-state index contributed by atoms with van der Waals surface area (Å²) in [5.41, 5.74) is 0. The Labute approximate surface area is 105 Å². The van der Waals surface area contributed by atoms with E-state index in [1.807, 2.05) is 0 Å². The molecule has 1 saturated carbocycles. The molecule has 0 radical (unpaired) electrons. The lowest BCUT2D eigenvalue weighted by Crippen LogP contribution is -2.38. The number of nitrogens with zero attached hydrogens (tertiary/aromatic N) is 1. The molecule has 3 nitrogen and oxygen atoms in total. The third-order valence-corrected chi connectivity index (χ3v) is 4.81. The van der Waals surface area contributed by atoms with E-state index in [1.165, 1.54) is 45.3 Å². The maximum Gasteiger partial charge on any atom is 0.0509 e. The van der Waals surface area contributed by atoms with Crippen molar-refractivity contribution in [3.63, 3.8) is 0 Å². The minimum Gasteiger partial charge on any atom is -0.381 e. The van der Waals surface area contributed by atoms with Gasteiger partial charge in [-0.25, -0.2) is 0 Å². The van der Waals surface area contributed by atoms with E-state index in [0.29, 0.717) is 0 Å². The van der Waals surface area contributed by atoms with Gasteiger partial charge >= 0.3 is 0 Å². The topological polar surface area (TPSA) is 24.5 Å². The van der Waals surface area contributed by atoms with Crippen LogP contribution in [0.25, 0.3) is 0 Å². The summed E-state index contributed by atoms with van der Waals surface area (Å²) in [4.78, 5) is 2.69. The SMILES string of the molecule is CC(C1CCOC1)N1CCC(CNC2CC2)C1. The Morgan fingerprint density at radius 1 is 1.29 bits per heavy atom. The quantitative estimate of drug-likeness (QED) is 0.785. The summed E-state index contributed by atoms with van der Waals surface area (Å²) in [6, 6.07) is 1.59. The van der Waals surface area contributed by atoms with Crippen molar-refractivity contribution in [3.05, 3.63) is 0 Å². The van der Waals surface area contributed by atoms with Crippen LogP contribution in [0.1, 0.15) is 32.6 Å². The Morgan fingerprint density at radius 3 is 2.88 bits per heavy atom. The van der Waals surface area contributed by atoms with Gasteiger partial charge in [-0.05, 0) is 57.5 Å². The van der Waals surface area contributed by atoms with Gasteiger partial charge in [0.25, 0.3) is 0 Å². The fourth-order valence-corrected chi connectivity index (χ4v) is 3.25. The molecule has 0 spiro atoms. The van der Waals surface area contributed by atoms with E-state index in [4.69, 9.17) is 4.74 Å². The average Bonchev–Trinajstić information content (AvgIpc) is 2.86. The van der Waals surface area contributed by atoms with Gasteiger partial charge in [0.2, 0.25) is 0 Å². The standard InChI is InChI=1S/C14H26N2O/c1-11(13-5-7-17-10-13)16-6-4-12(9-16)8-15-14-2-3-14/h11-15H,2-10H2,1H3. The van der Waals surface area contributed by atoms with Crippen molar-refractivity contribution in [1.29, 1.82) is 0 Å². The second-order valence-corrected chi connectivity index (χ2v) is 6.20. The minimum absolute atomic E-state index is 0.725. The summed E-state index contributed by atoms with van der Waals surface area (Å²) in [6.07, 6.45) is 5.47. The van der Waals surface area contributed by atoms with Gasteiger partial charge in [-0.2, -0.15) is 0 Å². The van der Waals surface area contributed by atoms with Crippen molar-refractivity contribution in [2.75, 3.05) is 32.8 Å². The van der Waals surface area contributed by atoms with E-state index in [-0.39, 0.29) is 0 Å². The Kier molecular flexibility index (Phi) is 3.69. The summed E-state index contributed by atoms with van der Waals surface area (Å²) in [6.45, 7) is 8.22. The van der Waals surface area contributed by atoms with Gasteiger partial charge in [0.05, 0.1) is 6.61 Å². The van der Waals surface area contributed by atoms with Gasteiger partial charge in [-0.15, -0.1) is 0 Å². The highest BCUT2D eigenvalue weighted by Gasteiger charge is 2.32. The van der Waals surface area contributed by atoms with E-state index >= 15 is 0 Å². The Balaban J connectivity index is 1.42. The molecule has 3 fully saturated rings. The normalized spacial score (nSPS) is 36.5. The van der Waals surface area contributed by atoms with Crippen molar-refractivity contribution in [3.8, 4) is 0 Å². The summed E-state index contributed by atoms with van der Waals surface area (Å²) in [5, 5.41) is 3.68. The molecule has 1 N–H and O–H groups in total. The number of nitrogens with one attached hydrogen (secondary N) is 1. The van der Waals surface area contributed by atoms with Crippen LogP contribution in [0.2, 0.25) is 0 Å². The van der Waals surface area contributed by atoms with Crippen molar-refractivity contribution < 1.29 is 4.74 Å². The van der Waals surface area contributed by atoms with E-state index in [2.05, 4.69) is 17.1 Å². The van der Waals surface area contributed by atoms with Gasteiger partial charge in [0.1, 0.15) is 0 Å². The van der Waals surface area contributed by atoms with Crippen molar-refractivity contribution in [2.24, 2.45) is 11.8 Å². The number of hydrogen-bond donors (Lipinski definition) is 1. The Hall–Kier alpha value is -0.120. The van der Waals surface area contributed by atoms with Crippen molar-refractivity contribution >= 4 is 0 Å². The smallest absolute Gasteiger partial charge is 0.0509 e. The van der Waals surface area contributed by atoms with E-state index in [0.717, 1.165) is 37.1 Å². The summed E-state index contributed by atoms with van der Waals surface area (Å²) in [5.74, 6) is 1.67. The number of hydrogen-bond acceptors (Lipinski definition) is 3. The zero-order chi connectivity index (χ0) is 11.7. The van der Waals surface area contributed by atoms with Gasteiger partial charge < -0.3 is 10.1 Å². The van der Waals surface area contributed by atoms with Gasteiger partial charge in [0.15, 0.2) is 0 Å². The number of rotatable bonds is 5. The van der Waals surface area contributed by atoms with Gasteiger partial charge in [-0.1, -0.05) is 0 Å². The highest BCUT2D eigenvalue weighted by atomic mass is 16.5. The summed E-state index contributed by atoms with van der Waals surface area (Å²) >= 11 is 0. The molecule has 2 aliphatic heterocycles. The van der Waals surface area contributed by atoms with Crippen LogP contribution >= 0.6 is 0 Å². The fourth-order valence-electron chi connectivity index (χ4n) is 3.25. The Bertz CT molecular complexity index is 249. The number of ether oxygens (including phenoxy) is 1. The molecule has 1 aliphatic carbocycles. The molecule has 3 rings (SSSR count). The predicted molar refractivity (Wildman–Crippen MR) is 69.1 cm³/mol. The lowest BCUT2D eigenvalue weighted by atomic mass is 9.99. The molecule has 0 amide bonds. The van der Waals surface area contributed by atoms with Crippen molar-refractivity contribution in [2.45, 2.75) is 44.7 Å². The number of likely N-dealkylation sites (tertiary alicyclic amines) is 1. The van der Waals surface area contributed by atoms with Crippen LogP contribution in [0.4, 0.5) is 0 Å². The summed E-state index contributed by atoms with van der Waals surface area (Å²) < 4.78 is 5.51. The van der Waals surface area contributed by atoms with E-state index in [9.17, 15) is 0 Å². The van der Waals surface area contributed by atoms with Crippen LogP contribution in [0, 0.1) is 11.8 Å². The predicted octanol–water partition coefficient (Wildman–Crippen LogP) is 1.49. The minimum atomic E-state index is 0.725. The van der Waals surface area contributed by atoms with Crippen LogP contribution < -0.4 is 5.32 Å². The van der Waals surface area contributed by atoms with Crippen LogP contribution in [-0.2, 0) is 4.74 Å². The zero-order valence-electron chi connectivity index (χ0n) is 11.0. The third-order valence-electron chi connectivity index (χ3n) is 4.81. The highest BCUT2D eigenvalue weighted by Crippen LogP contribution is 2.27. The average molecular weight is 238 g/mol. The van der Waals surface area contributed by atoms with Gasteiger partial charge in [-0.3, -0.25) is 4.90 Å². The first kappa shape index (κ1) is 11.9. The maximum atomic E-state index is 5.51. The molecule has 3 unspecified atom stereocenters. The Morgan fingerprint density at radius 2 is 2.18 bits per heavy atom. The zero-order valence-corrected chi connectivity index (χ0v) is 11.0. The molecular weight excluding hydrogens is 212 g/mol. The molecule has 0 aromatic rings. The largest absolute Gasteiger partial charge is 0.381 e. The molecule has 17 heavy (non-hydrogen) atoms. The monoisotopic (exact) mass is 238 g/mol. The van der Waals surface area contributed by atoms with Crippen LogP contribution in [-0.4, -0.2) is 49.8 Å². The molecular formula is C14H26N2O. The molecule has 0 aromatic carbocycles. The first-order valence-electron chi connectivity index (χ1n) is 7.38. The third kappa shape index (κ3) is 3.01. The fraction of sp³-hybridized carbons (Fsp3) is 1.00. The maximum absolute atomic E-state index is 5.51. The van der Waals surface area contributed by atoms with Crippen LogP contribution in [0.5, 0.6) is 0 Å². The second-order valence-electron chi connectivity index (χ2n) is 6.20. The van der Waals surface area contributed by atoms with Crippen LogP contribution in [0.3, 0.4) is 0 Å². The molecule has 3 heteroatoms.